The number of aromatic nitrogens is 1. The molecule has 0 atom stereocenters. The molecule has 1 heterocycles. The van der Waals surface area contributed by atoms with Gasteiger partial charge in [-0.2, -0.15) is 0 Å². The quantitative estimate of drug-likeness (QED) is 0.754. The van der Waals surface area contributed by atoms with E-state index in [0.717, 1.165) is 22.6 Å². The van der Waals surface area contributed by atoms with E-state index in [-0.39, 0.29) is 10.6 Å². The van der Waals surface area contributed by atoms with Gasteiger partial charge in [-0.15, -0.1) is 0 Å². The van der Waals surface area contributed by atoms with Crippen molar-refractivity contribution in [1.82, 2.24) is 4.57 Å². The molecule has 2 aromatic carbocycles. The van der Waals surface area contributed by atoms with E-state index in [1.807, 2.05) is 60.0 Å². The second-order valence-corrected chi connectivity index (χ2v) is 5.44. The molecule has 0 aliphatic carbocycles. The second-order valence-electron chi connectivity index (χ2n) is 5.03. The van der Waals surface area contributed by atoms with Crippen LogP contribution in [0, 0.1) is 6.92 Å². The molecular formula is C18H14ClNO2. The molecule has 0 bridgehead atoms. The minimum absolute atomic E-state index is 0.103. The van der Waals surface area contributed by atoms with Crippen LogP contribution in [-0.4, -0.2) is 15.6 Å². The summed E-state index contributed by atoms with van der Waals surface area (Å²) >= 11 is 5.96. The molecule has 0 aliphatic heterocycles. The van der Waals surface area contributed by atoms with Crippen LogP contribution in [0.2, 0.25) is 5.02 Å². The highest BCUT2D eigenvalue weighted by Crippen LogP contribution is 2.28. The molecule has 0 spiro atoms. The van der Waals surface area contributed by atoms with Gasteiger partial charge in [0.25, 0.3) is 0 Å². The molecule has 0 saturated heterocycles. The molecule has 0 fully saturated rings. The summed E-state index contributed by atoms with van der Waals surface area (Å²) in [6, 6.07) is 19.1. The highest BCUT2D eigenvalue weighted by atomic mass is 35.5. The molecule has 0 saturated carbocycles. The van der Waals surface area contributed by atoms with Gasteiger partial charge in [-0.05, 0) is 42.8 Å². The van der Waals surface area contributed by atoms with E-state index in [9.17, 15) is 9.90 Å². The number of nitrogens with zero attached hydrogens (tertiary/aromatic N) is 1. The summed E-state index contributed by atoms with van der Waals surface area (Å²) in [5, 5.41) is 9.49. The predicted octanol–water partition coefficient (Wildman–Crippen LogP) is 4.80. The van der Waals surface area contributed by atoms with Crippen LogP contribution in [0.4, 0.5) is 0 Å². The number of benzene rings is 2. The molecule has 3 rings (SSSR count). The molecule has 1 aromatic heterocycles. The summed E-state index contributed by atoms with van der Waals surface area (Å²) in [5.41, 5.74) is 3.99. The lowest BCUT2D eigenvalue weighted by Crippen LogP contribution is -2.03. The number of carboxylic acid groups (broad SMARTS) is 1. The van der Waals surface area contributed by atoms with Gasteiger partial charge in [-0.25, -0.2) is 4.79 Å². The summed E-state index contributed by atoms with van der Waals surface area (Å²) in [4.78, 5) is 11.3. The predicted molar refractivity (Wildman–Crippen MR) is 87.9 cm³/mol. The average molecular weight is 312 g/mol. The maximum absolute atomic E-state index is 11.3. The lowest BCUT2D eigenvalue weighted by atomic mass is 10.1. The fraction of sp³-hybridized carbons (Fsp3) is 0.0556. The van der Waals surface area contributed by atoms with Crippen LogP contribution in [-0.2, 0) is 0 Å². The first kappa shape index (κ1) is 14.4. The normalized spacial score (nSPS) is 10.6. The third-order valence-electron chi connectivity index (χ3n) is 3.58. The van der Waals surface area contributed by atoms with Crippen molar-refractivity contribution < 1.29 is 9.90 Å². The molecule has 3 aromatic rings. The third kappa shape index (κ3) is 2.51. The molecule has 0 aliphatic rings. The molecule has 0 radical (unpaired) electrons. The van der Waals surface area contributed by atoms with Crippen LogP contribution in [0.15, 0.2) is 60.7 Å². The van der Waals surface area contributed by atoms with Crippen molar-refractivity contribution in [1.29, 1.82) is 0 Å². The Hall–Kier alpha value is -2.52. The summed E-state index contributed by atoms with van der Waals surface area (Å²) in [7, 11) is 0. The minimum Gasteiger partial charge on any atom is -0.478 e. The fourth-order valence-electron chi connectivity index (χ4n) is 2.53. The van der Waals surface area contributed by atoms with Crippen molar-refractivity contribution in [2.75, 3.05) is 0 Å². The van der Waals surface area contributed by atoms with Crippen molar-refractivity contribution in [3.05, 3.63) is 76.9 Å². The van der Waals surface area contributed by atoms with Crippen molar-refractivity contribution in [2.24, 2.45) is 0 Å². The molecule has 110 valence electrons. The Morgan fingerprint density at radius 2 is 1.77 bits per heavy atom. The van der Waals surface area contributed by atoms with Crippen LogP contribution in [0.25, 0.3) is 16.9 Å². The number of rotatable bonds is 3. The number of hydrogen-bond acceptors (Lipinski definition) is 1. The third-order valence-corrected chi connectivity index (χ3v) is 3.91. The van der Waals surface area contributed by atoms with Crippen molar-refractivity contribution in [3.63, 3.8) is 0 Å². The standard InChI is InChI=1S/C18H14ClNO2/c1-12-7-10-17(13-5-3-2-4-6-13)20(12)14-8-9-16(19)15(11-14)18(21)22/h2-11H,1H3,(H,21,22). The maximum Gasteiger partial charge on any atom is 0.337 e. The Bertz CT molecular complexity index is 838. The molecule has 0 unspecified atom stereocenters. The van der Waals surface area contributed by atoms with E-state index in [1.54, 1.807) is 12.1 Å². The first-order chi connectivity index (χ1) is 10.6. The summed E-state index contributed by atoms with van der Waals surface area (Å²) < 4.78 is 2.03. The van der Waals surface area contributed by atoms with Crippen LogP contribution >= 0.6 is 11.6 Å². The van der Waals surface area contributed by atoms with E-state index in [0.29, 0.717) is 0 Å². The Morgan fingerprint density at radius 1 is 1.05 bits per heavy atom. The summed E-state index contributed by atoms with van der Waals surface area (Å²) in [6.07, 6.45) is 0. The number of aryl methyl sites for hydroxylation is 1. The largest absolute Gasteiger partial charge is 0.478 e. The zero-order valence-electron chi connectivity index (χ0n) is 12.0. The van der Waals surface area contributed by atoms with E-state index < -0.39 is 5.97 Å². The monoisotopic (exact) mass is 311 g/mol. The van der Waals surface area contributed by atoms with Gasteiger partial charge < -0.3 is 9.67 Å². The molecule has 22 heavy (non-hydrogen) atoms. The van der Waals surface area contributed by atoms with E-state index in [1.165, 1.54) is 0 Å². The van der Waals surface area contributed by atoms with Crippen molar-refractivity contribution in [3.8, 4) is 16.9 Å². The highest BCUT2D eigenvalue weighted by Gasteiger charge is 2.14. The molecule has 0 amide bonds. The molecule has 1 N–H and O–H groups in total. The van der Waals surface area contributed by atoms with Gasteiger partial charge in [0, 0.05) is 11.4 Å². The summed E-state index contributed by atoms with van der Waals surface area (Å²) in [5.74, 6) is -1.03. The van der Waals surface area contributed by atoms with E-state index >= 15 is 0 Å². The second kappa shape index (κ2) is 5.70. The lowest BCUT2D eigenvalue weighted by Gasteiger charge is -2.13. The highest BCUT2D eigenvalue weighted by molar-refractivity contribution is 6.33. The number of halogens is 1. The Morgan fingerprint density at radius 3 is 2.45 bits per heavy atom. The smallest absolute Gasteiger partial charge is 0.337 e. The molecular weight excluding hydrogens is 298 g/mol. The van der Waals surface area contributed by atoms with Gasteiger partial charge in [-0.3, -0.25) is 0 Å². The van der Waals surface area contributed by atoms with Crippen LogP contribution in [0.3, 0.4) is 0 Å². The van der Waals surface area contributed by atoms with E-state index in [4.69, 9.17) is 11.6 Å². The average Bonchev–Trinajstić information content (AvgIpc) is 2.90. The van der Waals surface area contributed by atoms with E-state index in [2.05, 4.69) is 0 Å². The van der Waals surface area contributed by atoms with Gasteiger partial charge in [0.2, 0.25) is 0 Å². The SMILES string of the molecule is Cc1ccc(-c2ccccc2)n1-c1ccc(Cl)c(C(=O)O)c1. The van der Waals surface area contributed by atoms with Crippen molar-refractivity contribution >= 4 is 17.6 Å². The maximum atomic E-state index is 11.3. The van der Waals surface area contributed by atoms with Crippen LogP contribution in [0.1, 0.15) is 16.1 Å². The van der Waals surface area contributed by atoms with Gasteiger partial charge in [0.05, 0.1) is 16.3 Å². The Balaban J connectivity index is 2.20. The molecule has 4 heteroatoms. The van der Waals surface area contributed by atoms with Gasteiger partial charge in [0.15, 0.2) is 0 Å². The van der Waals surface area contributed by atoms with Crippen LogP contribution < -0.4 is 0 Å². The zero-order chi connectivity index (χ0) is 15.7. The van der Waals surface area contributed by atoms with Crippen LogP contribution in [0.5, 0.6) is 0 Å². The van der Waals surface area contributed by atoms with Gasteiger partial charge in [0.1, 0.15) is 0 Å². The van der Waals surface area contributed by atoms with Crippen molar-refractivity contribution in [2.45, 2.75) is 6.92 Å². The minimum atomic E-state index is -1.03. The van der Waals surface area contributed by atoms with Gasteiger partial charge >= 0.3 is 5.97 Å². The number of aromatic carboxylic acids is 1. The first-order valence-corrected chi connectivity index (χ1v) is 7.22. The Labute approximate surface area is 133 Å². The number of carboxylic acids is 1. The summed E-state index contributed by atoms with van der Waals surface area (Å²) in [6.45, 7) is 1.99. The Kier molecular flexibility index (Phi) is 3.73. The fourth-order valence-corrected chi connectivity index (χ4v) is 2.73. The zero-order valence-corrected chi connectivity index (χ0v) is 12.7. The topological polar surface area (TPSA) is 42.2 Å². The first-order valence-electron chi connectivity index (χ1n) is 6.85. The number of hydrogen-bond donors (Lipinski definition) is 1. The lowest BCUT2D eigenvalue weighted by molar-refractivity contribution is 0.0697. The van der Waals surface area contributed by atoms with Gasteiger partial charge in [-0.1, -0.05) is 41.9 Å². The number of carbonyl (C=O) groups is 1. The molecule has 3 nitrogen and oxygen atoms in total.